The van der Waals surface area contributed by atoms with Crippen molar-refractivity contribution in [3.05, 3.63) is 57.6 Å². The number of nitro benzene ring substituents is 1. The monoisotopic (exact) mass is 352 g/mol. The highest BCUT2D eigenvalue weighted by Crippen LogP contribution is 2.31. The van der Waals surface area contributed by atoms with Crippen molar-refractivity contribution in [3.63, 3.8) is 0 Å². The van der Waals surface area contributed by atoms with E-state index in [1.165, 1.54) is 6.07 Å². The van der Waals surface area contributed by atoms with E-state index in [9.17, 15) is 20.5 Å². The fourth-order valence-electron chi connectivity index (χ4n) is 3.14. The molecule has 134 valence electrons. The smallest absolute Gasteiger partial charge is 0.292 e. The highest BCUT2D eigenvalue weighted by atomic mass is 16.6. The van der Waals surface area contributed by atoms with Gasteiger partial charge in [0.15, 0.2) is 0 Å². The van der Waals surface area contributed by atoms with E-state index in [-0.39, 0.29) is 11.8 Å². The number of anilines is 3. The Morgan fingerprint density at radius 2 is 2.00 bits per heavy atom. The molecule has 7 nitrogen and oxygen atoms in total. The molecule has 0 unspecified atom stereocenters. The van der Waals surface area contributed by atoms with Crippen LogP contribution >= 0.6 is 0 Å². The highest BCUT2D eigenvalue weighted by Gasteiger charge is 2.20. The topological polar surface area (TPSA) is 102 Å². The molecule has 1 fully saturated rings. The van der Waals surface area contributed by atoms with Gasteiger partial charge in [-0.3, -0.25) is 10.1 Å². The largest absolute Gasteiger partial charge is 0.393 e. The molecule has 2 N–H and O–H groups in total. The molecule has 2 aromatic carbocycles. The van der Waals surface area contributed by atoms with Crippen LogP contribution in [-0.4, -0.2) is 29.2 Å². The summed E-state index contributed by atoms with van der Waals surface area (Å²) in [7, 11) is 0. The fourth-order valence-corrected chi connectivity index (χ4v) is 3.14. The number of hydrogen-bond acceptors (Lipinski definition) is 6. The van der Waals surface area contributed by atoms with Crippen molar-refractivity contribution >= 4 is 22.7 Å². The minimum atomic E-state index is -0.423. The number of aryl methyl sites for hydroxylation is 1. The molecule has 26 heavy (non-hydrogen) atoms. The molecule has 0 spiro atoms. The zero-order valence-electron chi connectivity index (χ0n) is 14.5. The van der Waals surface area contributed by atoms with E-state index in [0.717, 1.165) is 11.3 Å². The van der Waals surface area contributed by atoms with Gasteiger partial charge < -0.3 is 15.3 Å². The first-order valence-corrected chi connectivity index (χ1v) is 8.47. The third-order valence-electron chi connectivity index (χ3n) is 4.55. The Kier molecular flexibility index (Phi) is 5.05. The van der Waals surface area contributed by atoms with E-state index in [1.54, 1.807) is 25.1 Å². The van der Waals surface area contributed by atoms with Gasteiger partial charge in [0.2, 0.25) is 0 Å². The van der Waals surface area contributed by atoms with E-state index >= 15 is 0 Å². The minimum Gasteiger partial charge on any atom is -0.393 e. The summed E-state index contributed by atoms with van der Waals surface area (Å²) in [4.78, 5) is 12.9. The second-order valence-corrected chi connectivity index (χ2v) is 6.46. The quantitative estimate of drug-likeness (QED) is 0.645. The summed E-state index contributed by atoms with van der Waals surface area (Å²) in [5.74, 6) is 0. The number of nitriles is 1. The summed E-state index contributed by atoms with van der Waals surface area (Å²) in [5.41, 5.74) is 3.14. The van der Waals surface area contributed by atoms with Crippen LogP contribution in [0.2, 0.25) is 0 Å². The number of nitrogens with zero attached hydrogens (tertiary/aromatic N) is 3. The van der Waals surface area contributed by atoms with Gasteiger partial charge in [-0.2, -0.15) is 5.26 Å². The zero-order valence-corrected chi connectivity index (χ0v) is 14.5. The van der Waals surface area contributed by atoms with E-state index < -0.39 is 4.92 Å². The molecule has 1 saturated heterocycles. The van der Waals surface area contributed by atoms with Crippen molar-refractivity contribution in [3.8, 4) is 6.07 Å². The Bertz CT molecular complexity index is 868. The zero-order chi connectivity index (χ0) is 18.7. The number of nitro groups is 1. The lowest BCUT2D eigenvalue weighted by molar-refractivity contribution is -0.384. The first-order valence-electron chi connectivity index (χ1n) is 8.47. The molecule has 3 rings (SSSR count). The standard InChI is InChI=1S/C19H20N4O3/c1-13-2-4-17(19(10-13)23(25)26)21-15-3-5-18(14(11-15)12-20)22-8-6-16(24)7-9-22/h2-5,10-11,16,21,24H,6-9H2,1H3. The number of nitrogens with one attached hydrogen (secondary N) is 1. The number of aliphatic hydroxyl groups is 1. The van der Waals surface area contributed by atoms with Gasteiger partial charge in [-0.1, -0.05) is 6.07 Å². The van der Waals surface area contributed by atoms with Crippen LogP contribution in [0.1, 0.15) is 24.0 Å². The Morgan fingerprint density at radius 3 is 2.65 bits per heavy atom. The summed E-state index contributed by atoms with van der Waals surface area (Å²) < 4.78 is 0. The molecule has 1 aliphatic rings. The summed E-state index contributed by atoms with van der Waals surface area (Å²) in [6.07, 6.45) is 1.08. The summed E-state index contributed by atoms with van der Waals surface area (Å²) >= 11 is 0. The number of aliphatic hydroxyl groups excluding tert-OH is 1. The molecule has 0 atom stereocenters. The van der Waals surface area contributed by atoms with Crippen LogP contribution in [0.5, 0.6) is 0 Å². The predicted octanol–water partition coefficient (Wildman–Crippen LogP) is 3.48. The summed E-state index contributed by atoms with van der Waals surface area (Å²) in [6.45, 7) is 3.20. The first kappa shape index (κ1) is 17.7. The molecular formula is C19H20N4O3. The maximum atomic E-state index is 11.3. The molecule has 0 saturated carbocycles. The van der Waals surface area contributed by atoms with Crippen LogP contribution < -0.4 is 10.2 Å². The molecule has 1 aliphatic heterocycles. The molecule has 0 bridgehead atoms. The fraction of sp³-hybridized carbons (Fsp3) is 0.316. The van der Waals surface area contributed by atoms with E-state index in [1.807, 2.05) is 12.1 Å². The molecule has 0 aromatic heterocycles. The lowest BCUT2D eigenvalue weighted by Crippen LogP contribution is -2.36. The van der Waals surface area contributed by atoms with Crippen molar-refractivity contribution in [1.29, 1.82) is 5.26 Å². The first-order chi connectivity index (χ1) is 12.5. The maximum absolute atomic E-state index is 11.3. The number of benzene rings is 2. The van der Waals surface area contributed by atoms with Crippen molar-refractivity contribution < 1.29 is 10.0 Å². The summed E-state index contributed by atoms with van der Waals surface area (Å²) in [5, 5.41) is 33.5. The number of hydrogen-bond donors (Lipinski definition) is 2. The predicted molar refractivity (Wildman–Crippen MR) is 99.7 cm³/mol. The maximum Gasteiger partial charge on any atom is 0.292 e. The van der Waals surface area contributed by atoms with Crippen molar-refractivity contribution in [2.24, 2.45) is 0 Å². The average molecular weight is 352 g/mol. The SMILES string of the molecule is Cc1ccc(Nc2ccc(N3CCC(O)CC3)c(C#N)c2)c([N+](=O)[O-])c1. The second-order valence-electron chi connectivity index (χ2n) is 6.46. The van der Waals surface area contributed by atoms with Crippen LogP contribution in [-0.2, 0) is 0 Å². The third kappa shape index (κ3) is 3.76. The van der Waals surface area contributed by atoms with Gasteiger partial charge in [-0.05, 0) is 49.6 Å². The minimum absolute atomic E-state index is 0.00222. The average Bonchev–Trinajstić information content (AvgIpc) is 2.63. The van der Waals surface area contributed by atoms with Gasteiger partial charge in [-0.25, -0.2) is 0 Å². The Morgan fingerprint density at radius 1 is 1.27 bits per heavy atom. The normalized spacial score (nSPS) is 14.7. The van der Waals surface area contributed by atoms with E-state index in [0.29, 0.717) is 42.9 Å². The Balaban J connectivity index is 1.87. The van der Waals surface area contributed by atoms with E-state index in [4.69, 9.17) is 0 Å². The molecule has 0 aliphatic carbocycles. The lowest BCUT2D eigenvalue weighted by Gasteiger charge is -2.32. The van der Waals surface area contributed by atoms with Crippen molar-refractivity contribution in [2.45, 2.75) is 25.9 Å². The van der Waals surface area contributed by atoms with Crippen molar-refractivity contribution in [2.75, 3.05) is 23.3 Å². The third-order valence-corrected chi connectivity index (χ3v) is 4.55. The van der Waals surface area contributed by atoms with Crippen LogP contribution in [0, 0.1) is 28.4 Å². The van der Waals surface area contributed by atoms with Crippen LogP contribution in [0.25, 0.3) is 0 Å². The highest BCUT2D eigenvalue weighted by molar-refractivity contribution is 5.73. The van der Waals surface area contributed by atoms with Gasteiger partial charge in [0.1, 0.15) is 11.8 Å². The van der Waals surface area contributed by atoms with E-state index in [2.05, 4.69) is 16.3 Å². The van der Waals surface area contributed by atoms with Gasteiger partial charge in [0.05, 0.1) is 22.3 Å². The van der Waals surface area contributed by atoms with Crippen LogP contribution in [0.4, 0.5) is 22.7 Å². The molecular weight excluding hydrogens is 332 g/mol. The van der Waals surface area contributed by atoms with Gasteiger partial charge in [0.25, 0.3) is 5.69 Å². The van der Waals surface area contributed by atoms with Gasteiger partial charge in [-0.15, -0.1) is 0 Å². The summed E-state index contributed by atoms with van der Waals surface area (Å²) in [6, 6.07) is 12.5. The van der Waals surface area contributed by atoms with Gasteiger partial charge >= 0.3 is 0 Å². The molecule has 0 radical (unpaired) electrons. The van der Waals surface area contributed by atoms with Crippen LogP contribution in [0.3, 0.4) is 0 Å². The molecule has 1 heterocycles. The van der Waals surface area contributed by atoms with Gasteiger partial charge in [0, 0.05) is 24.8 Å². The Hall–Kier alpha value is -3.11. The van der Waals surface area contributed by atoms with Crippen molar-refractivity contribution in [1.82, 2.24) is 0 Å². The molecule has 2 aromatic rings. The van der Waals surface area contributed by atoms with Crippen LogP contribution in [0.15, 0.2) is 36.4 Å². The number of piperidine rings is 1. The number of rotatable bonds is 4. The molecule has 7 heteroatoms. The Labute approximate surface area is 151 Å². The molecule has 0 amide bonds. The second kappa shape index (κ2) is 7.42. The lowest BCUT2D eigenvalue weighted by atomic mass is 10.0.